The maximum atomic E-state index is 13.3. The lowest BCUT2D eigenvalue weighted by molar-refractivity contribution is 0.348. The number of benzene rings is 1. The van der Waals surface area contributed by atoms with Crippen molar-refractivity contribution >= 4 is 15.8 Å². The van der Waals surface area contributed by atoms with Gasteiger partial charge in [-0.15, -0.1) is 0 Å². The molecule has 0 aliphatic heterocycles. The fraction of sp³-hybridized carbons (Fsp3) is 0.130. The Hall–Kier alpha value is -4.25. The van der Waals surface area contributed by atoms with Crippen LogP contribution >= 0.6 is 0 Å². The number of sulfonamides is 1. The highest BCUT2D eigenvalue weighted by Gasteiger charge is 2.25. The summed E-state index contributed by atoms with van der Waals surface area (Å²) in [6, 6.07) is 7.32. The molecule has 0 saturated carbocycles. The van der Waals surface area contributed by atoms with Crippen LogP contribution in [0.25, 0.3) is 11.4 Å². The van der Waals surface area contributed by atoms with E-state index >= 15 is 0 Å². The summed E-state index contributed by atoms with van der Waals surface area (Å²) >= 11 is 0. The zero-order valence-corrected chi connectivity index (χ0v) is 18.6. The van der Waals surface area contributed by atoms with Gasteiger partial charge >= 0.3 is 0 Å². The molecule has 0 amide bonds. The highest BCUT2D eigenvalue weighted by atomic mass is 32.2. The molecule has 0 unspecified atom stereocenters. The van der Waals surface area contributed by atoms with Gasteiger partial charge in [-0.3, -0.25) is 9.71 Å². The van der Waals surface area contributed by atoms with E-state index in [1.807, 2.05) is 0 Å². The summed E-state index contributed by atoms with van der Waals surface area (Å²) in [4.78, 5) is 15.6. The largest absolute Gasteiger partial charge is 0.493 e. The Morgan fingerprint density at radius 2 is 1.76 bits per heavy atom. The molecule has 0 bridgehead atoms. The van der Waals surface area contributed by atoms with Gasteiger partial charge < -0.3 is 14.2 Å². The number of para-hydroxylation sites is 2. The van der Waals surface area contributed by atoms with Crippen LogP contribution in [0.5, 0.6) is 23.1 Å². The first-order valence-electron chi connectivity index (χ1n) is 13.0. The Kier molecular flexibility index (Phi) is 4.44. The number of hydrogen-bond acceptors (Lipinski definition) is 9. The van der Waals surface area contributed by atoms with Gasteiger partial charge in [-0.2, -0.15) is 13.4 Å². The first-order valence-corrected chi connectivity index (χ1v) is 11.0. The zero-order chi connectivity index (χ0) is 30.1. The Morgan fingerprint density at radius 1 is 1.00 bits per heavy atom. The van der Waals surface area contributed by atoms with Crippen LogP contribution in [0, 0.1) is 6.85 Å². The maximum Gasteiger partial charge on any atom is 0.280 e. The first kappa shape index (κ1) is 15.6. The second-order valence-corrected chi connectivity index (χ2v) is 8.07. The number of pyridine rings is 2. The highest BCUT2D eigenvalue weighted by molar-refractivity contribution is 7.92. The lowest BCUT2D eigenvalue weighted by atomic mass is 10.2. The molecule has 0 spiro atoms. The van der Waals surface area contributed by atoms with Crippen molar-refractivity contribution < 1.29 is 32.2 Å². The van der Waals surface area contributed by atoms with E-state index in [2.05, 4.69) is 24.7 Å². The molecule has 3 aromatic heterocycles. The number of nitrogens with one attached hydrogen (secondary N) is 1. The summed E-state index contributed by atoms with van der Waals surface area (Å²) in [5.41, 5.74) is -0.554. The second kappa shape index (κ2) is 9.71. The van der Waals surface area contributed by atoms with Gasteiger partial charge in [0.05, 0.1) is 19.7 Å². The topological polar surface area (TPSA) is 125 Å². The Morgan fingerprint density at radius 3 is 2.41 bits per heavy atom. The Balaban J connectivity index is 1.92. The van der Waals surface area contributed by atoms with Crippen LogP contribution < -0.4 is 18.9 Å². The monoisotopic (exact) mass is 486 g/mol. The predicted octanol–water partition coefficient (Wildman–Crippen LogP) is 3.85. The number of rotatable bonds is 8. The molecule has 1 N–H and O–H groups in total. The van der Waals surface area contributed by atoms with Gasteiger partial charge in [0.2, 0.25) is 5.75 Å². The molecule has 4 aromatic rings. The number of aromatic nitrogens is 4. The molecule has 0 fully saturated rings. The SMILES string of the molecule is [2H]c1nc([2H])c([2H])c(-c2nc(NS(=O)(=O)c3ccc(C([2H])([2H])[2H])cn3)c(Oc3ccccc3OC)c(OC)n2)c1[2H]. The van der Waals surface area contributed by atoms with E-state index in [0.717, 1.165) is 18.3 Å². The molecule has 4 rings (SSSR count). The van der Waals surface area contributed by atoms with Crippen molar-refractivity contribution in [1.29, 1.82) is 0 Å². The van der Waals surface area contributed by atoms with Gasteiger partial charge in [0.15, 0.2) is 28.2 Å². The average Bonchev–Trinajstić information content (AvgIpc) is 2.93. The van der Waals surface area contributed by atoms with Crippen LogP contribution in [0.4, 0.5) is 5.82 Å². The summed E-state index contributed by atoms with van der Waals surface area (Å²) in [5, 5.41) is -0.555. The average molecular weight is 487 g/mol. The number of aryl methyl sites for hydroxylation is 1. The minimum atomic E-state index is -4.55. The Bertz CT molecular complexity index is 1700. The molecule has 10 nitrogen and oxygen atoms in total. The van der Waals surface area contributed by atoms with E-state index in [-0.39, 0.29) is 34.3 Å². The number of hydrogen-bond donors (Lipinski definition) is 1. The summed E-state index contributed by atoms with van der Waals surface area (Å²) in [5.74, 6) is -1.24. The third-order valence-electron chi connectivity index (χ3n) is 4.25. The molecule has 0 aliphatic rings. The van der Waals surface area contributed by atoms with E-state index in [1.165, 1.54) is 20.3 Å². The van der Waals surface area contributed by atoms with Gasteiger partial charge in [-0.1, -0.05) is 18.2 Å². The smallest absolute Gasteiger partial charge is 0.280 e. The van der Waals surface area contributed by atoms with E-state index < -0.39 is 58.0 Å². The van der Waals surface area contributed by atoms with Gasteiger partial charge in [-0.05, 0) is 42.7 Å². The molecule has 11 heteroatoms. The molecule has 3 heterocycles. The van der Waals surface area contributed by atoms with Gasteiger partial charge in [0.1, 0.15) is 0 Å². The molecule has 1 aromatic carbocycles. The molecule has 0 aliphatic carbocycles. The minimum Gasteiger partial charge on any atom is -0.493 e. The summed E-state index contributed by atoms with van der Waals surface area (Å²) in [7, 11) is -1.95. The van der Waals surface area contributed by atoms with Gasteiger partial charge in [0.25, 0.3) is 15.9 Å². The standard InChI is InChI=1S/C23H21N5O5S/c1-15-8-9-19(25-14-15)34(29,30)28-22-20(33-18-7-5-4-6-17(18)31-2)23(32-3)27-21(26-22)16-10-12-24-13-11-16/h4-14H,1-3H3,(H,26,27,28)/i1D3,10D,11D,12D,13D. The quantitative estimate of drug-likeness (QED) is 0.395. The third kappa shape index (κ3) is 4.89. The van der Waals surface area contributed by atoms with Crippen molar-refractivity contribution in [2.45, 2.75) is 11.9 Å². The zero-order valence-electron chi connectivity index (χ0n) is 24.8. The lowest BCUT2D eigenvalue weighted by Gasteiger charge is -2.17. The van der Waals surface area contributed by atoms with E-state index in [4.69, 9.17) is 23.8 Å². The minimum absolute atomic E-state index is 0.124. The van der Waals surface area contributed by atoms with Crippen molar-refractivity contribution in [2.75, 3.05) is 18.9 Å². The molecular weight excluding hydrogens is 458 g/mol. The molecule has 34 heavy (non-hydrogen) atoms. The van der Waals surface area contributed by atoms with Gasteiger partial charge in [-0.25, -0.2) is 9.97 Å². The lowest BCUT2D eigenvalue weighted by Crippen LogP contribution is -2.17. The van der Waals surface area contributed by atoms with Crippen LogP contribution in [0.15, 0.2) is 72.1 Å². The van der Waals surface area contributed by atoms with Crippen molar-refractivity contribution in [1.82, 2.24) is 19.9 Å². The summed E-state index contributed by atoms with van der Waals surface area (Å²) in [6.45, 7) is -2.51. The first-order chi connectivity index (χ1) is 19.3. The fourth-order valence-electron chi connectivity index (χ4n) is 2.71. The van der Waals surface area contributed by atoms with Crippen LogP contribution in [0.3, 0.4) is 0 Å². The number of methoxy groups -OCH3 is 2. The van der Waals surface area contributed by atoms with Crippen LogP contribution in [-0.4, -0.2) is 42.6 Å². The summed E-state index contributed by atoms with van der Waals surface area (Å²) < 4.78 is 100. The van der Waals surface area contributed by atoms with E-state index in [0.29, 0.717) is 0 Å². The molecule has 0 radical (unpaired) electrons. The highest BCUT2D eigenvalue weighted by Crippen LogP contribution is 2.41. The Labute approximate surface area is 206 Å². The molecular formula is C23H21N5O5S. The summed E-state index contributed by atoms with van der Waals surface area (Å²) in [6.07, 6.45) is -0.349. The molecule has 174 valence electrons. The fourth-order valence-corrected chi connectivity index (χ4v) is 3.65. The molecule has 0 saturated heterocycles. The number of anilines is 1. The third-order valence-corrected chi connectivity index (χ3v) is 5.50. The van der Waals surface area contributed by atoms with Crippen molar-refractivity contribution in [3.8, 4) is 34.5 Å². The van der Waals surface area contributed by atoms with Crippen molar-refractivity contribution in [3.63, 3.8) is 0 Å². The number of ether oxygens (including phenoxy) is 3. The molecule has 0 atom stereocenters. The normalized spacial score (nSPS) is 14.4. The maximum absolute atomic E-state index is 13.3. The van der Waals surface area contributed by atoms with Crippen molar-refractivity contribution in [3.05, 3.63) is 72.6 Å². The predicted molar refractivity (Wildman–Crippen MR) is 125 cm³/mol. The van der Waals surface area contributed by atoms with Crippen LogP contribution in [0.2, 0.25) is 0 Å². The van der Waals surface area contributed by atoms with E-state index in [1.54, 1.807) is 18.2 Å². The van der Waals surface area contributed by atoms with Crippen LogP contribution in [-0.2, 0) is 10.0 Å². The van der Waals surface area contributed by atoms with Gasteiger partial charge in [0, 0.05) is 28.2 Å². The second-order valence-electron chi connectivity index (χ2n) is 6.44. The number of nitrogens with zero attached hydrogens (tertiary/aromatic N) is 4. The van der Waals surface area contributed by atoms with Crippen molar-refractivity contribution in [2.24, 2.45) is 0 Å². The van der Waals surface area contributed by atoms with E-state index in [9.17, 15) is 8.42 Å². The van der Waals surface area contributed by atoms with Crippen LogP contribution in [0.1, 0.15) is 15.2 Å².